The average molecular weight is 378 g/mol. The fourth-order valence-electron chi connectivity index (χ4n) is 2.81. The van der Waals surface area contributed by atoms with Crippen LogP contribution >= 0.6 is 22.9 Å². The van der Waals surface area contributed by atoms with Crippen LogP contribution in [0.15, 0.2) is 24.3 Å². The molecule has 0 unspecified atom stereocenters. The Hall–Kier alpha value is -1.92. The number of aromatic nitrogens is 1. The second-order valence-electron chi connectivity index (χ2n) is 6.04. The summed E-state index contributed by atoms with van der Waals surface area (Å²) < 4.78 is 0. The second kappa shape index (κ2) is 8.45. The van der Waals surface area contributed by atoms with Crippen molar-refractivity contribution in [3.8, 4) is 0 Å². The molecule has 0 atom stereocenters. The molecule has 5 nitrogen and oxygen atoms in total. The number of nitrogens with zero attached hydrogens (tertiary/aromatic N) is 1. The summed E-state index contributed by atoms with van der Waals surface area (Å²) in [6, 6.07) is 6.61. The third kappa shape index (κ3) is 5.03. The number of nitrogens with one attached hydrogen (secondary N) is 2. The molecule has 7 heteroatoms. The van der Waals surface area contributed by atoms with Gasteiger partial charge in [0, 0.05) is 15.5 Å². The summed E-state index contributed by atoms with van der Waals surface area (Å²) in [5.41, 5.74) is 1.54. The lowest BCUT2D eigenvalue weighted by atomic mass is 10.0. The minimum atomic E-state index is -0.330. The van der Waals surface area contributed by atoms with E-state index in [1.165, 1.54) is 24.1 Å². The highest BCUT2D eigenvalue weighted by Gasteiger charge is 2.15. The number of carbonyl (C=O) groups is 2. The van der Waals surface area contributed by atoms with Crippen molar-refractivity contribution < 1.29 is 9.59 Å². The second-order valence-corrected chi connectivity index (χ2v) is 7.56. The Kier molecular flexibility index (Phi) is 6.04. The van der Waals surface area contributed by atoms with Crippen LogP contribution < -0.4 is 10.6 Å². The van der Waals surface area contributed by atoms with Crippen LogP contribution in [0.1, 0.15) is 46.6 Å². The monoisotopic (exact) mass is 377 g/mol. The van der Waals surface area contributed by atoms with E-state index >= 15 is 0 Å². The van der Waals surface area contributed by atoms with Crippen LogP contribution in [0, 0.1) is 0 Å². The number of hydrogen-bond acceptors (Lipinski definition) is 4. The molecule has 1 aromatic carbocycles. The van der Waals surface area contributed by atoms with Crippen molar-refractivity contribution in [2.75, 3.05) is 11.9 Å². The first kappa shape index (κ1) is 17.9. The van der Waals surface area contributed by atoms with Gasteiger partial charge in [0.25, 0.3) is 5.91 Å². The summed E-state index contributed by atoms with van der Waals surface area (Å²) in [5.74, 6) is -0.610. The smallest absolute Gasteiger partial charge is 0.251 e. The van der Waals surface area contributed by atoms with Crippen LogP contribution in [0.3, 0.4) is 0 Å². The van der Waals surface area contributed by atoms with Gasteiger partial charge in [-0.25, -0.2) is 4.98 Å². The van der Waals surface area contributed by atoms with Crippen LogP contribution in [0.4, 0.5) is 5.13 Å². The van der Waals surface area contributed by atoms with Gasteiger partial charge in [-0.15, -0.1) is 11.3 Å². The number of hydrogen-bond donors (Lipinski definition) is 2. The van der Waals surface area contributed by atoms with E-state index in [-0.39, 0.29) is 18.4 Å². The molecule has 2 amide bonds. The zero-order valence-corrected chi connectivity index (χ0v) is 15.4. The number of anilines is 1. The average Bonchev–Trinajstić information content (AvgIpc) is 2.93. The maximum atomic E-state index is 12.1. The van der Waals surface area contributed by atoms with Crippen LogP contribution in [0.2, 0.25) is 5.02 Å². The van der Waals surface area contributed by atoms with Gasteiger partial charge in [-0.2, -0.15) is 0 Å². The van der Waals surface area contributed by atoms with Crippen LogP contribution in [-0.4, -0.2) is 23.3 Å². The summed E-state index contributed by atoms with van der Waals surface area (Å²) in [6.45, 7) is -0.102. The molecule has 0 fully saturated rings. The molecule has 1 aromatic heterocycles. The number of thiazole rings is 1. The number of carbonyl (C=O) groups excluding carboxylic acids is 2. The lowest BCUT2D eigenvalue weighted by molar-refractivity contribution is -0.115. The van der Waals surface area contributed by atoms with Crippen molar-refractivity contribution >= 4 is 39.9 Å². The van der Waals surface area contributed by atoms with Gasteiger partial charge in [-0.05, 0) is 43.9 Å². The minimum absolute atomic E-state index is 0.102. The van der Waals surface area contributed by atoms with E-state index in [0.717, 1.165) is 25.0 Å². The molecular weight excluding hydrogens is 358 g/mol. The fraction of sp³-hybridized carbons (Fsp3) is 0.389. The third-order valence-electron chi connectivity index (χ3n) is 4.09. The highest BCUT2D eigenvalue weighted by Crippen LogP contribution is 2.28. The first-order valence-corrected chi connectivity index (χ1v) is 9.63. The van der Waals surface area contributed by atoms with E-state index in [1.807, 2.05) is 0 Å². The summed E-state index contributed by atoms with van der Waals surface area (Å²) in [7, 11) is 0. The summed E-state index contributed by atoms with van der Waals surface area (Å²) in [4.78, 5) is 29.9. The lowest BCUT2D eigenvalue weighted by Gasteiger charge is -2.06. The Morgan fingerprint density at radius 1 is 1.16 bits per heavy atom. The van der Waals surface area contributed by atoms with Crippen molar-refractivity contribution in [1.29, 1.82) is 0 Å². The van der Waals surface area contributed by atoms with E-state index in [0.29, 0.717) is 15.7 Å². The van der Waals surface area contributed by atoms with Gasteiger partial charge >= 0.3 is 0 Å². The van der Waals surface area contributed by atoms with Gasteiger partial charge < -0.3 is 10.6 Å². The molecule has 0 spiro atoms. The van der Waals surface area contributed by atoms with Gasteiger partial charge in [0.05, 0.1) is 12.2 Å². The van der Waals surface area contributed by atoms with Gasteiger partial charge in [-0.1, -0.05) is 30.5 Å². The maximum absolute atomic E-state index is 12.1. The van der Waals surface area contributed by atoms with Crippen molar-refractivity contribution in [2.45, 2.75) is 38.5 Å². The molecule has 1 aliphatic rings. The van der Waals surface area contributed by atoms with E-state index < -0.39 is 0 Å². The van der Waals surface area contributed by atoms with E-state index in [2.05, 4.69) is 15.6 Å². The van der Waals surface area contributed by atoms with Crippen molar-refractivity contribution in [3.05, 3.63) is 45.4 Å². The summed E-state index contributed by atoms with van der Waals surface area (Å²) in [6.07, 6.45) is 6.85. The molecule has 2 aromatic rings. The highest BCUT2D eigenvalue weighted by atomic mass is 35.5. The normalized spacial score (nSPS) is 14.1. The molecule has 0 aliphatic heterocycles. The Morgan fingerprint density at radius 3 is 2.76 bits per heavy atom. The quantitative estimate of drug-likeness (QED) is 0.850. The van der Waals surface area contributed by atoms with E-state index in [1.54, 1.807) is 35.6 Å². The van der Waals surface area contributed by atoms with Crippen molar-refractivity contribution in [1.82, 2.24) is 10.3 Å². The molecule has 0 saturated heterocycles. The molecule has 0 radical (unpaired) electrons. The molecule has 0 saturated carbocycles. The molecule has 0 bridgehead atoms. The van der Waals surface area contributed by atoms with Gasteiger partial charge in [0.1, 0.15) is 0 Å². The first-order valence-electron chi connectivity index (χ1n) is 8.44. The maximum Gasteiger partial charge on any atom is 0.251 e. The third-order valence-corrected chi connectivity index (χ3v) is 5.40. The summed E-state index contributed by atoms with van der Waals surface area (Å²) >= 11 is 7.41. The Bertz CT molecular complexity index is 750. The summed E-state index contributed by atoms with van der Waals surface area (Å²) in [5, 5.41) is 6.48. The van der Waals surface area contributed by atoms with E-state index in [4.69, 9.17) is 11.6 Å². The lowest BCUT2D eigenvalue weighted by Crippen LogP contribution is -2.32. The van der Waals surface area contributed by atoms with Crippen LogP contribution in [-0.2, 0) is 17.6 Å². The zero-order valence-electron chi connectivity index (χ0n) is 13.8. The standard InChI is InChI=1S/C18H20ClN3O2S/c19-13-7-5-6-12(10-13)17(24)20-11-16(23)22-18-21-14-8-3-1-2-4-9-15(14)25-18/h5-7,10H,1-4,8-9,11H2,(H,20,24)(H,21,22,23). The Labute approximate surface area is 155 Å². The first-order chi connectivity index (χ1) is 12.1. The molecule has 132 valence electrons. The van der Waals surface area contributed by atoms with E-state index in [9.17, 15) is 9.59 Å². The highest BCUT2D eigenvalue weighted by molar-refractivity contribution is 7.15. The molecular formula is C18H20ClN3O2S. The van der Waals surface area contributed by atoms with Gasteiger partial charge in [0.15, 0.2) is 5.13 Å². The number of benzene rings is 1. The topological polar surface area (TPSA) is 71.1 Å². The van der Waals surface area contributed by atoms with Gasteiger partial charge in [-0.3, -0.25) is 9.59 Å². The van der Waals surface area contributed by atoms with Crippen molar-refractivity contribution in [2.24, 2.45) is 0 Å². The van der Waals surface area contributed by atoms with Crippen LogP contribution in [0.25, 0.3) is 0 Å². The number of rotatable bonds is 4. The van der Waals surface area contributed by atoms with Crippen LogP contribution in [0.5, 0.6) is 0 Å². The molecule has 1 heterocycles. The Morgan fingerprint density at radius 2 is 1.96 bits per heavy atom. The molecule has 2 N–H and O–H groups in total. The number of aryl methyl sites for hydroxylation is 2. The number of halogens is 1. The van der Waals surface area contributed by atoms with Gasteiger partial charge in [0.2, 0.25) is 5.91 Å². The molecule has 3 rings (SSSR count). The number of amides is 2. The minimum Gasteiger partial charge on any atom is -0.343 e. The largest absolute Gasteiger partial charge is 0.343 e. The fourth-order valence-corrected chi connectivity index (χ4v) is 4.07. The SMILES string of the molecule is O=C(CNC(=O)c1cccc(Cl)c1)Nc1nc2c(s1)CCCCCC2. The predicted octanol–water partition coefficient (Wildman–Crippen LogP) is 3.82. The zero-order chi connectivity index (χ0) is 17.6. The predicted molar refractivity (Wildman–Crippen MR) is 100 cm³/mol. The number of fused-ring (bicyclic) bond motifs is 1. The molecule has 25 heavy (non-hydrogen) atoms. The van der Waals surface area contributed by atoms with Crippen molar-refractivity contribution in [3.63, 3.8) is 0 Å². The molecule has 1 aliphatic carbocycles. The Balaban J connectivity index is 1.54.